The summed E-state index contributed by atoms with van der Waals surface area (Å²) in [6.07, 6.45) is 1.60. The zero-order chi connectivity index (χ0) is 18.4. The number of benzene rings is 2. The van der Waals surface area contributed by atoms with Gasteiger partial charge in [-0.1, -0.05) is 18.2 Å². The molecule has 132 valence electrons. The summed E-state index contributed by atoms with van der Waals surface area (Å²) >= 11 is 0. The Kier molecular flexibility index (Phi) is 5.49. The molecular weight excluding hydrogens is 331 g/mol. The average molecular weight is 350 g/mol. The van der Waals surface area contributed by atoms with Crippen LogP contribution in [0.3, 0.4) is 0 Å². The first-order valence-corrected chi connectivity index (χ1v) is 8.38. The fraction of sp³-hybridized carbons (Fsp3) is 0.200. The number of nitrogens with zero attached hydrogens (tertiary/aromatic N) is 3. The van der Waals surface area contributed by atoms with Gasteiger partial charge >= 0.3 is 0 Å². The topological polar surface area (TPSA) is 59.4 Å². The number of hydrogen-bond donors (Lipinski definition) is 1. The lowest BCUT2D eigenvalue weighted by molar-refractivity contribution is -0.112. The SMILES string of the molecule is N#CC(=CN1CCN(c2ccccc2)CC1)C(=O)Nc1ccc(F)cc1. The molecule has 6 heteroatoms. The van der Waals surface area contributed by atoms with E-state index >= 15 is 0 Å². The second-order valence-corrected chi connectivity index (χ2v) is 5.97. The molecule has 1 amide bonds. The maximum absolute atomic E-state index is 12.9. The van der Waals surface area contributed by atoms with Gasteiger partial charge < -0.3 is 15.1 Å². The van der Waals surface area contributed by atoms with Crippen molar-refractivity contribution in [3.63, 3.8) is 0 Å². The van der Waals surface area contributed by atoms with E-state index in [1.165, 1.54) is 30.0 Å². The number of hydrogen-bond acceptors (Lipinski definition) is 4. The molecule has 0 saturated carbocycles. The van der Waals surface area contributed by atoms with E-state index in [9.17, 15) is 14.4 Å². The van der Waals surface area contributed by atoms with Crippen molar-refractivity contribution in [2.45, 2.75) is 0 Å². The molecule has 1 aliphatic heterocycles. The highest BCUT2D eigenvalue weighted by molar-refractivity contribution is 6.06. The van der Waals surface area contributed by atoms with Gasteiger partial charge in [-0.3, -0.25) is 4.79 Å². The highest BCUT2D eigenvalue weighted by Gasteiger charge is 2.17. The van der Waals surface area contributed by atoms with E-state index in [0.717, 1.165) is 26.2 Å². The number of nitrogens with one attached hydrogen (secondary N) is 1. The Labute approximate surface area is 152 Å². The van der Waals surface area contributed by atoms with Gasteiger partial charge in [0.05, 0.1) is 0 Å². The molecule has 1 fully saturated rings. The van der Waals surface area contributed by atoms with Crippen LogP contribution in [0.15, 0.2) is 66.4 Å². The molecule has 3 rings (SSSR count). The van der Waals surface area contributed by atoms with Crippen LogP contribution in [0, 0.1) is 17.1 Å². The molecule has 1 saturated heterocycles. The fourth-order valence-electron chi connectivity index (χ4n) is 2.80. The zero-order valence-electron chi connectivity index (χ0n) is 14.2. The molecule has 0 atom stereocenters. The largest absolute Gasteiger partial charge is 0.373 e. The molecule has 1 aliphatic rings. The standard InChI is InChI=1S/C20H19FN4O/c21-17-6-8-18(9-7-17)23-20(26)16(14-22)15-24-10-12-25(13-11-24)19-4-2-1-3-5-19/h1-9,15H,10-13H2,(H,23,26). The molecule has 1 heterocycles. The predicted molar refractivity (Wildman–Crippen MR) is 99.0 cm³/mol. The summed E-state index contributed by atoms with van der Waals surface area (Å²) in [6.45, 7) is 3.09. The first-order chi connectivity index (χ1) is 12.7. The lowest BCUT2D eigenvalue weighted by Crippen LogP contribution is -2.44. The average Bonchev–Trinajstić information content (AvgIpc) is 2.69. The van der Waals surface area contributed by atoms with Crippen LogP contribution in [-0.2, 0) is 4.79 Å². The van der Waals surface area contributed by atoms with Crippen LogP contribution in [0.2, 0.25) is 0 Å². The molecule has 0 radical (unpaired) electrons. The Hall–Kier alpha value is -3.33. The number of nitriles is 1. The number of halogens is 1. The molecule has 0 bridgehead atoms. The Morgan fingerprint density at radius 3 is 2.31 bits per heavy atom. The molecule has 2 aromatic rings. The summed E-state index contributed by atoms with van der Waals surface area (Å²) < 4.78 is 12.9. The number of rotatable bonds is 4. The van der Waals surface area contributed by atoms with Crippen LogP contribution in [0.5, 0.6) is 0 Å². The summed E-state index contributed by atoms with van der Waals surface area (Å²) in [5.41, 5.74) is 1.65. The normalized spacial score (nSPS) is 14.7. The van der Waals surface area contributed by atoms with Crippen molar-refractivity contribution in [2.75, 3.05) is 36.4 Å². The van der Waals surface area contributed by atoms with Gasteiger partial charge in [0.2, 0.25) is 0 Å². The highest BCUT2D eigenvalue weighted by atomic mass is 19.1. The molecule has 2 aromatic carbocycles. The number of amides is 1. The third-order valence-corrected chi connectivity index (χ3v) is 4.21. The summed E-state index contributed by atoms with van der Waals surface area (Å²) in [6, 6.07) is 17.5. The molecule has 0 spiro atoms. The molecule has 26 heavy (non-hydrogen) atoms. The van der Waals surface area contributed by atoms with Gasteiger partial charge in [0.15, 0.2) is 0 Å². The molecule has 1 N–H and O–H groups in total. The van der Waals surface area contributed by atoms with Gasteiger partial charge in [-0.05, 0) is 36.4 Å². The molecule has 5 nitrogen and oxygen atoms in total. The van der Waals surface area contributed by atoms with E-state index in [4.69, 9.17) is 0 Å². The van der Waals surface area contributed by atoms with Crippen molar-refractivity contribution >= 4 is 17.3 Å². The summed E-state index contributed by atoms with van der Waals surface area (Å²) in [5, 5.41) is 11.9. The van der Waals surface area contributed by atoms with Gasteiger partial charge in [-0.2, -0.15) is 5.26 Å². The fourth-order valence-corrected chi connectivity index (χ4v) is 2.80. The Balaban J connectivity index is 1.60. The minimum Gasteiger partial charge on any atom is -0.373 e. The van der Waals surface area contributed by atoms with Crippen molar-refractivity contribution in [2.24, 2.45) is 0 Å². The number of carbonyl (C=O) groups excluding carboxylic acids is 1. The van der Waals surface area contributed by atoms with Gasteiger partial charge in [0, 0.05) is 43.8 Å². The predicted octanol–water partition coefficient (Wildman–Crippen LogP) is 2.99. The second-order valence-electron chi connectivity index (χ2n) is 5.97. The Bertz CT molecular complexity index is 819. The van der Waals surface area contributed by atoms with Crippen LogP contribution in [0.1, 0.15) is 0 Å². The van der Waals surface area contributed by atoms with Gasteiger partial charge in [-0.25, -0.2) is 4.39 Å². The Morgan fingerprint density at radius 1 is 1.04 bits per heavy atom. The first-order valence-electron chi connectivity index (χ1n) is 8.38. The Morgan fingerprint density at radius 2 is 1.69 bits per heavy atom. The van der Waals surface area contributed by atoms with Crippen molar-refractivity contribution in [1.82, 2.24) is 4.90 Å². The number of carbonyl (C=O) groups is 1. The number of piperazine rings is 1. The summed E-state index contributed by atoms with van der Waals surface area (Å²) in [5.74, 6) is -0.875. The quantitative estimate of drug-likeness (QED) is 0.680. The zero-order valence-corrected chi connectivity index (χ0v) is 14.2. The van der Waals surface area contributed by atoms with Crippen LogP contribution >= 0.6 is 0 Å². The maximum Gasteiger partial charge on any atom is 0.267 e. The van der Waals surface area contributed by atoms with Gasteiger partial charge in [-0.15, -0.1) is 0 Å². The number of para-hydroxylation sites is 1. The lowest BCUT2D eigenvalue weighted by atomic mass is 10.2. The van der Waals surface area contributed by atoms with Crippen molar-refractivity contribution < 1.29 is 9.18 Å². The molecule has 0 aliphatic carbocycles. The number of anilines is 2. The van der Waals surface area contributed by atoms with Crippen LogP contribution < -0.4 is 10.2 Å². The van der Waals surface area contributed by atoms with E-state index in [-0.39, 0.29) is 11.4 Å². The minimum absolute atomic E-state index is 0.0301. The third-order valence-electron chi connectivity index (χ3n) is 4.21. The van der Waals surface area contributed by atoms with E-state index in [0.29, 0.717) is 5.69 Å². The minimum atomic E-state index is -0.496. The molecule has 0 aromatic heterocycles. The highest BCUT2D eigenvalue weighted by Crippen LogP contribution is 2.16. The second kappa shape index (κ2) is 8.17. The van der Waals surface area contributed by atoms with Crippen molar-refractivity contribution in [1.29, 1.82) is 5.26 Å². The summed E-state index contributed by atoms with van der Waals surface area (Å²) in [7, 11) is 0. The van der Waals surface area contributed by atoms with E-state index in [1.54, 1.807) is 6.20 Å². The van der Waals surface area contributed by atoms with Crippen molar-refractivity contribution in [3.05, 3.63) is 72.2 Å². The maximum atomic E-state index is 12.9. The van der Waals surface area contributed by atoms with E-state index in [1.807, 2.05) is 29.2 Å². The van der Waals surface area contributed by atoms with Crippen molar-refractivity contribution in [3.8, 4) is 6.07 Å². The molecular formula is C20H19FN4O. The van der Waals surface area contributed by atoms with E-state index in [2.05, 4.69) is 22.3 Å². The lowest BCUT2D eigenvalue weighted by Gasteiger charge is -2.35. The molecule has 0 unspecified atom stereocenters. The monoisotopic (exact) mass is 350 g/mol. The smallest absolute Gasteiger partial charge is 0.267 e. The summed E-state index contributed by atoms with van der Waals surface area (Å²) in [4.78, 5) is 16.5. The van der Waals surface area contributed by atoms with E-state index < -0.39 is 5.91 Å². The van der Waals surface area contributed by atoms with Crippen LogP contribution in [-0.4, -0.2) is 37.0 Å². The van der Waals surface area contributed by atoms with Crippen LogP contribution in [0.25, 0.3) is 0 Å². The first kappa shape index (κ1) is 17.5. The third kappa shape index (κ3) is 4.39. The van der Waals surface area contributed by atoms with Crippen LogP contribution in [0.4, 0.5) is 15.8 Å². The van der Waals surface area contributed by atoms with Gasteiger partial charge in [0.1, 0.15) is 17.5 Å². The van der Waals surface area contributed by atoms with Gasteiger partial charge in [0.25, 0.3) is 5.91 Å².